The molecule has 0 aromatic heterocycles. The fraction of sp³-hybridized carbons (Fsp3) is 0.857. The molecule has 0 fully saturated rings. The van der Waals surface area contributed by atoms with Gasteiger partial charge in [0.2, 0.25) is 0 Å². The summed E-state index contributed by atoms with van der Waals surface area (Å²) in [5, 5.41) is 0. The molecule has 0 heterocycles. The highest BCUT2D eigenvalue weighted by atomic mass is 15.1. The molecule has 1 heteroatoms. The van der Waals surface area contributed by atoms with Gasteiger partial charge >= 0.3 is 0 Å². The highest BCUT2D eigenvalue weighted by Crippen LogP contribution is 1.82. The fourth-order valence-corrected chi connectivity index (χ4v) is 0.763. The van der Waals surface area contributed by atoms with Gasteiger partial charge in [-0.05, 0) is 13.3 Å². The van der Waals surface area contributed by atoms with Crippen LogP contribution in [0.3, 0.4) is 0 Å². The summed E-state index contributed by atoms with van der Waals surface area (Å²) >= 11 is 0. The number of rotatable bonds is 4. The Hall–Kier alpha value is -0.0400. The Morgan fingerprint density at radius 2 is 2.00 bits per heavy atom. The normalized spacial score (nSPS) is 10.5. The van der Waals surface area contributed by atoms with E-state index >= 15 is 0 Å². The van der Waals surface area contributed by atoms with Gasteiger partial charge in [-0.1, -0.05) is 6.92 Å². The molecule has 0 unspecified atom stereocenters. The van der Waals surface area contributed by atoms with E-state index in [1.807, 2.05) is 0 Å². The highest BCUT2D eigenvalue weighted by molar-refractivity contribution is 4.55. The summed E-state index contributed by atoms with van der Waals surface area (Å²) in [5.41, 5.74) is 0. The molecule has 0 bridgehead atoms. The maximum Gasteiger partial charge on any atom is 0.122 e. The first-order valence-electron chi connectivity index (χ1n) is 3.29. The van der Waals surface area contributed by atoms with Crippen molar-refractivity contribution in [3.8, 4) is 0 Å². The van der Waals surface area contributed by atoms with Crippen molar-refractivity contribution >= 4 is 0 Å². The van der Waals surface area contributed by atoms with E-state index in [-0.39, 0.29) is 0 Å². The second-order valence-electron chi connectivity index (χ2n) is 2.16. The molecule has 0 aliphatic rings. The van der Waals surface area contributed by atoms with Gasteiger partial charge in [-0.25, -0.2) is 0 Å². The standard InChI is InChI=1S/C7H16N/c1-4-6-8(3)7-5-2/h1,4-7H2,2-3H3/q+1. The van der Waals surface area contributed by atoms with E-state index in [1.54, 1.807) is 0 Å². The maximum absolute atomic E-state index is 3.77. The van der Waals surface area contributed by atoms with Crippen molar-refractivity contribution in [3.63, 3.8) is 0 Å². The first-order valence-corrected chi connectivity index (χ1v) is 3.29. The van der Waals surface area contributed by atoms with Crippen molar-refractivity contribution in [1.29, 1.82) is 0 Å². The first-order chi connectivity index (χ1) is 3.81. The number of nitrogens with zero attached hydrogens (tertiary/aromatic N) is 1. The van der Waals surface area contributed by atoms with Gasteiger partial charge in [-0.3, -0.25) is 0 Å². The van der Waals surface area contributed by atoms with Crippen LogP contribution in [-0.2, 0) is 0 Å². The largest absolute Gasteiger partial charge is 0.173 e. The smallest absolute Gasteiger partial charge is 0.122 e. The van der Waals surface area contributed by atoms with Crippen LogP contribution in [-0.4, -0.2) is 20.1 Å². The molecule has 48 valence electrons. The summed E-state index contributed by atoms with van der Waals surface area (Å²) in [6.45, 7) is 8.30. The lowest BCUT2D eigenvalue weighted by atomic mass is 10.4. The van der Waals surface area contributed by atoms with Gasteiger partial charge in [0.1, 0.15) is 20.1 Å². The second kappa shape index (κ2) is 5.10. The minimum absolute atomic E-state index is 1.02. The summed E-state index contributed by atoms with van der Waals surface area (Å²) in [6.07, 6.45) is 2.27. The first kappa shape index (κ1) is 7.96. The average molecular weight is 114 g/mol. The van der Waals surface area contributed by atoms with Gasteiger partial charge < -0.3 is 0 Å². The molecule has 0 atom stereocenters. The van der Waals surface area contributed by atoms with E-state index in [2.05, 4.69) is 25.8 Å². The maximum atomic E-state index is 3.77. The lowest BCUT2D eigenvalue weighted by molar-refractivity contribution is 0.480. The molecule has 0 aromatic rings. The minimum atomic E-state index is 1.02. The molecule has 0 N–H and O–H groups in total. The number of hydrogen-bond donors (Lipinski definition) is 0. The van der Waals surface area contributed by atoms with Gasteiger partial charge in [-0.2, -0.15) is 4.90 Å². The van der Waals surface area contributed by atoms with Crippen LogP contribution in [0.25, 0.3) is 0 Å². The lowest BCUT2D eigenvalue weighted by Gasteiger charge is -2.01. The third kappa shape index (κ3) is 4.13. The van der Waals surface area contributed by atoms with Gasteiger partial charge in [0.25, 0.3) is 0 Å². The predicted octanol–water partition coefficient (Wildman–Crippen LogP) is 1.39. The minimum Gasteiger partial charge on any atom is -0.173 e. The van der Waals surface area contributed by atoms with Crippen LogP contribution < -0.4 is 4.90 Å². The molecular weight excluding hydrogens is 98.1 g/mol. The van der Waals surface area contributed by atoms with Crippen molar-refractivity contribution in [2.45, 2.75) is 19.8 Å². The molecule has 0 aliphatic carbocycles. The Balaban J connectivity index is 2.92. The van der Waals surface area contributed by atoms with E-state index in [9.17, 15) is 0 Å². The van der Waals surface area contributed by atoms with Crippen molar-refractivity contribution < 1.29 is 0 Å². The molecule has 0 spiro atoms. The Labute approximate surface area is 52.7 Å². The van der Waals surface area contributed by atoms with Gasteiger partial charge in [-0.15, -0.1) is 0 Å². The molecule has 0 saturated heterocycles. The van der Waals surface area contributed by atoms with Crippen LogP contribution in [0.15, 0.2) is 0 Å². The third-order valence-corrected chi connectivity index (χ3v) is 1.15. The molecule has 0 aliphatic heterocycles. The topological polar surface area (TPSA) is 5.90 Å². The summed E-state index contributed by atoms with van der Waals surface area (Å²) in [7, 11) is 2.13. The summed E-state index contributed by atoms with van der Waals surface area (Å²) in [5.74, 6) is 0. The number of hydrogen-bond acceptors (Lipinski definition) is 1. The van der Waals surface area contributed by atoms with Crippen LogP contribution in [0.5, 0.6) is 0 Å². The summed E-state index contributed by atoms with van der Waals surface area (Å²) in [4.78, 5) is 2.30. The van der Waals surface area contributed by atoms with E-state index in [4.69, 9.17) is 0 Å². The fourth-order valence-electron chi connectivity index (χ4n) is 0.763. The predicted molar refractivity (Wildman–Crippen MR) is 38.1 cm³/mol. The van der Waals surface area contributed by atoms with Crippen LogP contribution >= 0.6 is 0 Å². The van der Waals surface area contributed by atoms with E-state index in [1.165, 1.54) is 13.0 Å². The quantitative estimate of drug-likeness (QED) is 0.487. The van der Waals surface area contributed by atoms with Gasteiger partial charge in [0.05, 0.1) is 0 Å². The van der Waals surface area contributed by atoms with E-state index < -0.39 is 0 Å². The zero-order valence-corrected chi connectivity index (χ0v) is 5.98. The van der Waals surface area contributed by atoms with Crippen LogP contribution in [0.2, 0.25) is 0 Å². The lowest BCUT2D eigenvalue weighted by Crippen LogP contribution is -2.26. The molecule has 0 rings (SSSR count). The summed E-state index contributed by atoms with van der Waals surface area (Å²) < 4.78 is 0. The zero-order chi connectivity index (χ0) is 6.41. The zero-order valence-electron chi connectivity index (χ0n) is 5.98. The summed E-state index contributed by atoms with van der Waals surface area (Å²) in [6, 6.07) is 0. The van der Waals surface area contributed by atoms with Crippen molar-refractivity contribution in [2.75, 3.05) is 20.1 Å². The molecule has 1 nitrogen and oxygen atoms in total. The molecular formula is C7H16N+. The molecule has 0 amide bonds. The molecule has 0 aromatic carbocycles. The molecule has 0 saturated carbocycles. The third-order valence-electron chi connectivity index (χ3n) is 1.15. The highest BCUT2D eigenvalue weighted by Gasteiger charge is 2.00. The van der Waals surface area contributed by atoms with Crippen LogP contribution in [0.4, 0.5) is 0 Å². The molecule has 2 radical (unpaired) electrons. The van der Waals surface area contributed by atoms with E-state index in [0.717, 1.165) is 13.0 Å². The van der Waals surface area contributed by atoms with E-state index in [0.29, 0.717) is 0 Å². The Morgan fingerprint density at radius 1 is 1.38 bits per heavy atom. The average Bonchev–Trinajstić information content (AvgIpc) is 1.68. The SMILES string of the molecule is [CH2]CC[N+](C)CCC. The second-order valence-corrected chi connectivity index (χ2v) is 2.16. The monoisotopic (exact) mass is 114 g/mol. The van der Waals surface area contributed by atoms with Gasteiger partial charge in [0.15, 0.2) is 0 Å². The van der Waals surface area contributed by atoms with Crippen LogP contribution in [0.1, 0.15) is 19.8 Å². The van der Waals surface area contributed by atoms with Crippen LogP contribution in [0, 0.1) is 6.92 Å². The Morgan fingerprint density at radius 3 is 2.38 bits per heavy atom. The van der Waals surface area contributed by atoms with Crippen molar-refractivity contribution in [2.24, 2.45) is 0 Å². The van der Waals surface area contributed by atoms with Crippen molar-refractivity contribution in [3.05, 3.63) is 6.92 Å². The Kier molecular flexibility index (Phi) is 5.08. The van der Waals surface area contributed by atoms with Crippen molar-refractivity contribution in [1.82, 2.24) is 4.90 Å². The van der Waals surface area contributed by atoms with Gasteiger partial charge in [0, 0.05) is 6.42 Å². The Bertz CT molecular complexity index is 37.7. The molecule has 8 heavy (non-hydrogen) atoms.